The molecule has 140 valence electrons. The number of nitrogens with one attached hydrogen (secondary N) is 1. The molecule has 0 unspecified atom stereocenters. The molecule has 0 fully saturated rings. The molecule has 0 spiro atoms. The first-order valence-corrected chi connectivity index (χ1v) is 10.1. The van der Waals surface area contributed by atoms with Crippen molar-refractivity contribution in [3.63, 3.8) is 0 Å². The third-order valence-electron chi connectivity index (χ3n) is 3.88. The van der Waals surface area contributed by atoms with Crippen LogP contribution in [0.3, 0.4) is 0 Å². The number of carbonyl (C=O) groups is 1. The number of halogens is 1. The van der Waals surface area contributed by atoms with Crippen LogP contribution in [0.5, 0.6) is 0 Å². The standard InChI is InChI=1S/C19H23FN2O3S/c1-14-10-15(2)12-17(11-14)21-19(23)13-22(26(3,24)25)9-8-16-6-4-5-7-18(16)20/h4-7,10-12H,8-9,13H2,1-3H3,(H,21,23). The summed E-state index contributed by atoms with van der Waals surface area (Å²) in [6.45, 7) is 3.54. The Hall–Kier alpha value is -2.25. The minimum absolute atomic E-state index is 0.0278. The Kier molecular flexibility index (Phi) is 6.50. The maximum absolute atomic E-state index is 13.7. The highest BCUT2D eigenvalue weighted by molar-refractivity contribution is 7.88. The minimum atomic E-state index is -3.60. The maximum Gasteiger partial charge on any atom is 0.239 e. The monoisotopic (exact) mass is 378 g/mol. The molecule has 7 heteroatoms. The molecule has 26 heavy (non-hydrogen) atoms. The molecule has 0 saturated heterocycles. The first kappa shape index (κ1) is 20.1. The van der Waals surface area contributed by atoms with Gasteiger partial charge in [-0.25, -0.2) is 12.8 Å². The van der Waals surface area contributed by atoms with Gasteiger partial charge in [0.2, 0.25) is 15.9 Å². The van der Waals surface area contributed by atoms with E-state index < -0.39 is 15.9 Å². The molecule has 1 amide bonds. The van der Waals surface area contributed by atoms with Crippen LogP contribution < -0.4 is 5.32 Å². The van der Waals surface area contributed by atoms with E-state index in [1.165, 1.54) is 6.07 Å². The lowest BCUT2D eigenvalue weighted by Gasteiger charge is -2.20. The van der Waals surface area contributed by atoms with E-state index in [-0.39, 0.29) is 25.3 Å². The molecule has 0 aliphatic heterocycles. The van der Waals surface area contributed by atoms with Gasteiger partial charge >= 0.3 is 0 Å². The molecule has 0 aliphatic rings. The molecule has 5 nitrogen and oxygen atoms in total. The summed E-state index contributed by atoms with van der Waals surface area (Å²) in [7, 11) is -3.60. The van der Waals surface area contributed by atoms with Gasteiger partial charge in [0, 0.05) is 12.2 Å². The molecule has 0 radical (unpaired) electrons. The zero-order chi connectivity index (χ0) is 19.3. The van der Waals surface area contributed by atoms with E-state index in [9.17, 15) is 17.6 Å². The lowest BCUT2D eigenvalue weighted by Crippen LogP contribution is -2.38. The molecule has 0 aliphatic carbocycles. The fourth-order valence-corrected chi connectivity index (χ4v) is 3.49. The van der Waals surface area contributed by atoms with Crippen molar-refractivity contribution in [2.24, 2.45) is 0 Å². The fourth-order valence-electron chi connectivity index (χ4n) is 2.72. The van der Waals surface area contributed by atoms with Crippen LogP contribution in [0.2, 0.25) is 0 Å². The second-order valence-electron chi connectivity index (χ2n) is 6.36. The summed E-state index contributed by atoms with van der Waals surface area (Å²) in [4.78, 5) is 12.3. The Morgan fingerprint density at radius 1 is 1.12 bits per heavy atom. The van der Waals surface area contributed by atoms with Gasteiger partial charge < -0.3 is 5.32 Å². The van der Waals surface area contributed by atoms with Crippen molar-refractivity contribution in [1.82, 2.24) is 4.31 Å². The molecule has 0 atom stereocenters. The molecule has 2 aromatic carbocycles. The van der Waals surface area contributed by atoms with Gasteiger partial charge in [-0.15, -0.1) is 0 Å². The highest BCUT2D eigenvalue weighted by Gasteiger charge is 2.20. The molecular weight excluding hydrogens is 355 g/mol. The molecule has 0 bridgehead atoms. The lowest BCUT2D eigenvalue weighted by atomic mass is 10.1. The number of carbonyl (C=O) groups excluding carboxylic acids is 1. The third-order valence-corrected chi connectivity index (χ3v) is 5.13. The van der Waals surface area contributed by atoms with Crippen LogP contribution in [0.1, 0.15) is 16.7 Å². The van der Waals surface area contributed by atoms with Gasteiger partial charge in [-0.1, -0.05) is 24.3 Å². The number of anilines is 1. The van der Waals surface area contributed by atoms with Gasteiger partial charge in [0.25, 0.3) is 0 Å². The van der Waals surface area contributed by atoms with Crippen molar-refractivity contribution in [3.05, 3.63) is 65.0 Å². The highest BCUT2D eigenvalue weighted by atomic mass is 32.2. The first-order chi connectivity index (χ1) is 12.1. The fraction of sp³-hybridized carbons (Fsp3) is 0.316. The van der Waals surface area contributed by atoms with E-state index in [1.54, 1.807) is 18.2 Å². The van der Waals surface area contributed by atoms with Crippen molar-refractivity contribution in [3.8, 4) is 0 Å². The molecule has 1 N–H and O–H groups in total. The topological polar surface area (TPSA) is 66.5 Å². The Labute approximate surface area is 153 Å². The average Bonchev–Trinajstić information content (AvgIpc) is 2.50. The van der Waals surface area contributed by atoms with E-state index in [0.717, 1.165) is 21.7 Å². The first-order valence-electron chi connectivity index (χ1n) is 8.22. The van der Waals surface area contributed by atoms with Crippen molar-refractivity contribution in [2.75, 3.05) is 24.7 Å². The summed E-state index contributed by atoms with van der Waals surface area (Å²) in [5.41, 5.74) is 3.03. The predicted molar refractivity (Wildman–Crippen MR) is 101 cm³/mol. The van der Waals surface area contributed by atoms with E-state index in [4.69, 9.17) is 0 Å². The molecule has 2 aromatic rings. The molecular formula is C19H23FN2O3S. The molecule has 0 heterocycles. The maximum atomic E-state index is 13.7. The number of amides is 1. The predicted octanol–water partition coefficient (Wildman–Crippen LogP) is 2.89. The molecule has 0 aromatic heterocycles. The normalized spacial score (nSPS) is 11.6. The van der Waals surface area contributed by atoms with Gasteiger partial charge in [-0.05, 0) is 55.2 Å². The number of sulfonamides is 1. The summed E-state index contributed by atoms with van der Waals surface area (Å²) in [5, 5.41) is 2.72. The smallest absolute Gasteiger partial charge is 0.239 e. The van der Waals surface area contributed by atoms with E-state index in [2.05, 4.69) is 5.32 Å². The second-order valence-corrected chi connectivity index (χ2v) is 8.34. The highest BCUT2D eigenvalue weighted by Crippen LogP contribution is 2.14. The number of hydrogen-bond donors (Lipinski definition) is 1. The van der Waals surface area contributed by atoms with E-state index in [0.29, 0.717) is 11.3 Å². The Bertz CT molecular complexity index is 877. The van der Waals surface area contributed by atoms with Gasteiger partial charge in [0.1, 0.15) is 5.82 Å². The average molecular weight is 378 g/mol. The van der Waals surface area contributed by atoms with E-state index in [1.807, 2.05) is 32.0 Å². The number of aryl methyl sites for hydroxylation is 2. The number of rotatable bonds is 7. The molecule has 2 rings (SSSR count). The van der Waals surface area contributed by atoms with Crippen LogP contribution in [-0.2, 0) is 21.2 Å². The number of hydrogen-bond acceptors (Lipinski definition) is 3. The van der Waals surface area contributed by atoms with Crippen LogP contribution in [0.4, 0.5) is 10.1 Å². The van der Waals surface area contributed by atoms with Crippen molar-refractivity contribution in [1.29, 1.82) is 0 Å². The lowest BCUT2D eigenvalue weighted by molar-refractivity contribution is -0.116. The summed E-state index contributed by atoms with van der Waals surface area (Å²) in [6, 6.07) is 11.8. The summed E-state index contributed by atoms with van der Waals surface area (Å²) < 4.78 is 38.7. The zero-order valence-electron chi connectivity index (χ0n) is 15.1. The molecule has 0 saturated carbocycles. The van der Waals surface area contributed by atoms with Crippen LogP contribution in [0, 0.1) is 19.7 Å². The van der Waals surface area contributed by atoms with Gasteiger partial charge in [0.15, 0.2) is 0 Å². The number of nitrogens with zero attached hydrogens (tertiary/aromatic N) is 1. The SMILES string of the molecule is Cc1cc(C)cc(NC(=O)CN(CCc2ccccc2F)S(C)(=O)=O)c1. The van der Waals surface area contributed by atoms with Crippen LogP contribution >= 0.6 is 0 Å². The second kappa shape index (κ2) is 8.42. The van der Waals surface area contributed by atoms with Crippen LogP contribution in [0.25, 0.3) is 0 Å². The van der Waals surface area contributed by atoms with Crippen molar-refractivity contribution in [2.45, 2.75) is 20.3 Å². The summed E-state index contributed by atoms with van der Waals surface area (Å²) >= 11 is 0. The van der Waals surface area contributed by atoms with Gasteiger partial charge in [-0.3, -0.25) is 4.79 Å². The van der Waals surface area contributed by atoms with Crippen LogP contribution in [0.15, 0.2) is 42.5 Å². The number of benzene rings is 2. The summed E-state index contributed by atoms with van der Waals surface area (Å²) in [5.74, 6) is -0.824. The largest absolute Gasteiger partial charge is 0.325 e. The van der Waals surface area contributed by atoms with Crippen molar-refractivity contribution < 1.29 is 17.6 Å². The Morgan fingerprint density at radius 3 is 2.31 bits per heavy atom. The van der Waals surface area contributed by atoms with Gasteiger partial charge in [-0.2, -0.15) is 4.31 Å². The zero-order valence-corrected chi connectivity index (χ0v) is 15.9. The van der Waals surface area contributed by atoms with Crippen LogP contribution in [-0.4, -0.2) is 38.0 Å². The van der Waals surface area contributed by atoms with Crippen molar-refractivity contribution >= 4 is 21.6 Å². The summed E-state index contributed by atoms with van der Waals surface area (Å²) in [6.07, 6.45) is 1.23. The third kappa shape index (κ3) is 5.93. The van der Waals surface area contributed by atoms with E-state index >= 15 is 0 Å². The Morgan fingerprint density at radius 2 is 1.73 bits per heavy atom. The minimum Gasteiger partial charge on any atom is -0.325 e. The van der Waals surface area contributed by atoms with Gasteiger partial charge in [0.05, 0.1) is 12.8 Å². The quantitative estimate of drug-likeness (QED) is 0.806. The Balaban J connectivity index is 2.05.